The maximum atomic E-state index is 11.5. The number of carbonyl (C=O) groups excluding carboxylic acids is 1. The first-order valence-corrected chi connectivity index (χ1v) is 7.05. The first kappa shape index (κ1) is 17.1. The average Bonchev–Trinajstić information content (AvgIpc) is 2.48. The quantitative estimate of drug-likeness (QED) is 0.533. The molecule has 1 atom stereocenters. The number of rotatable bonds is 6. The van der Waals surface area contributed by atoms with Gasteiger partial charge in [-0.3, -0.25) is 9.79 Å². The fourth-order valence-corrected chi connectivity index (χ4v) is 1.89. The molecule has 0 heterocycles. The average molecular weight is 352 g/mol. The highest BCUT2D eigenvalue weighted by atomic mass is 79.9. The van der Waals surface area contributed by atoms with Crippen LogP contribution in [0.15, 0.2) is 50.5 Å². The second-order valence-corrected chi connectivity index (χ2v) is 5.03. The van der Waals surface area contributed by atoms with Gasteiger partial charge in [0.15, 0.2) is 0 Å². The molecule has 5 N–H and O–H groups in total. The third kappa shape index (κ3) is 5.88. The number of likely N-dealkylation sites (N-methyl/N-ethyl adjacent to an activating group) is 1. The van der Waals surface area contributed by atoms with Crippen LogP contribution in [0.2, 0.25) is 0 Å². The number of aliphatic imine (C=N–C) groups is 2. The normalized spacial score (nSPS) is 13.9. The zero-order chi connectivity index (χ0) is 15.7. The van der Waals surface area contributed by atoms with Gasteiger partial charge in [-0.15, -0.1) is 0 Å². The summed E-state index contributed by atoms with van der Waals surface area (Å²) < 4.78 is 0.981. The highest BCUT2D eigenvalue weighted by Gasteiger charge is 2.14. The van der Waals surface area contributed by atoms with Gasteiger partial charge < -0.3 is 16.8 Å². The van der Waals surface area contributed by atoms with E-state index < -0.39 is 0 Å². The number of halogens is 1. The molecule has 0 fully saturated rings. The van der Waals surface area contributed by atoms with Crippen molar-refractivity contribution in [2.45, 2.75) is 12.5 Å². The van der Waals surface area contributed by atoms with E-state index in [0.29, 0.717) is 5.57 Å². The summed E-state index contributed by atoms with van der Waals surface area (Å²) in [6.45, 7) is 0. The van der Waals surface area contributed by atoms with Crippen LogP contribution in [0.1, 0.15) is 6.42 Å². The molecule has 1 rings (SSSR count). The van der Waals surface area contributed by atoms with E-state index >= 15 is 0 Å². The van der Waals surface area contributed by atoms with Crippen LogP contribution in [0.5, 0.6) is 0 Å². The van der Waals surface area contributed by atoms with Crippen molar-refractivity contribution in [2.75, 3.05) is 7.05 Å². The summed E-state index contributed by atoms with van der Waals surface area (Å²) >= 11 is 3.36. The molecule has 1 aromatic carbocycles. The summed E-state index contributed by atoms with van der Waals surface area (Å²) in [5.41, 5.74) is 12.2. The van der Waals surface area contributed by atoms with Crippen LogP contribution in [0.25, 0.3) is 0 Å². The Balaban J connectivity index is 2.80. The van der Waals surface area contributed by atoms with Crippen molar-refractivity contribution >= 4 is 40.1 Å². The summed E-state index contributed by atoms with van der Waals surface area (Å²) in [5, 5.41) is 3.01. The molecule has 0 aromatic heterocycles. The minimum Gasteiger partial charge on any atom is -0.404 e. The summed E-state index contributed by atoms with van der Waals surface area (Å²) in [5.74, 6) is -0.326. The summed E-state index contributed by atoms with van der Waals surface area (Å²) in [4.78, 5) is 19.4. The van der Waals surface area contributed by atoms with Crippen LogP contribution in [0.4, 0.5) is 5.69 Å². The lowest BCUT2D eigenvalue weighted by Crippen LogP contribution is -2.31. The molecule has 0 saturated heterocycles. The fraction of sp³-hybridized carbons (Fsp3) is 0.214. The van der Waals surface area contributed by atoms with Crippen molar-refractivity contribution in [3.05, 3.63) is 40.5 Å². The predicted octanol–water partition coefficient (Wildman–Crippen LogP) is 1.49. The molecule has 1 aromatic rings. The number of hydrogen-bond donors (Lipinski definition) is 3. The lowest BCUT2D eigenvalue weighted by molar-refractivity contribution is -0.118. The van der Waals surface area contributed by atoms with Crippen molar-refractivity contribution in [1.29, 1.82) is 0 Å². The van der Waals surface area contributed by atoms with Crippen molar-refractivity contribution < 1.29 is 4.79 Å². The Morgan fingerprint density at radius 3 is 2.57 bits per heavy atom. The molecule has 7 heteroatoms. The number of hydrogen-bond acceptors (Lipinski definition) is 4. The molecule has 0 bridgehead atoms. The molecule has 21 heavy (non-hydrogen) atoms. The Bertz CT molecular complexity index is 551. The van der Waals surface area contributed by atoms with Gasteiger partial charge >= 0.3 is 0 Å². The Labute approximate surface area is 132 Å². The van der Waals surface area contributed by atoms with Gasteiger partial charge in [0, 0.05) is 34.9 Å². The first-order chi connectivity index (χ1) is 10.1. The van der Waals surface area contributed by atoms with Gasteiger partial charge in [0.25, 0.3) is 0 Å². The van der Waals surface area contributed by atoms with E-state index in [4.69, 9.17) is 11.5 Å². The fourth-order valence-electron chi connectivity index (χ4n) is 1.62. The van der Waals surface area contributed by atoms with Crippen molar-refractivity contribution in [3.63, 3.8) is 0 Å². The predicted molar refractivity (Wildman–Crippen MR) is 89.7 cm³/mol. The van der Waals surface area contributed by atoms with E-state index in [9.17, 15) is 4.79 Å². The van der Waals surface area contributed by atoms with Gasteiger partial charge in [0.1, 0.15) is 0 Å². The largest absolute Gasteiger partial charge is 0.404 e. The van der Waals surface area contributed by atoms with E-state index in [1.54, 1.807) is 13.3 Å². The van der Waals surface area contributed by atoms with Crippen LogP contribution < -0.4 is 16.8 Å². The van der Waals surface area contributed by atoms with Crippen LogP contribution in [0.3, 0.4) is 0 Å². The maximum Gasteiger partial charge on any atom is 0.248 e. The highest BCUT2D eigenvalue weighted by Crippen LogP contribution is 2.17. The third-order valence-electron chi connectivity index (χ3n) is 2.73. The Morgan fingerprint density at radius 1 is 1.38 bits per heavy atom. The van der Waals surface area contributed by atoms with Crippen molar-refractivity contribution in [2.24, 2.45) is 21.5 Å². The lowest BCUT2D eigenvalue weighted by atomic mass is 10.1. The lowest BCUT2D eigenvalue weighted by Gasteiger charge is -2.14. The smallest absolute Gasteiger partial charge is 0.248 e. The van der Waals surface area contributed by atoms with Gasteiger partial charge in [0.2, 0.25) is 5.91 Å². The molecule has 0 aliphatic rings. The number of nitrogens with two attached hydrogens (primary N) is 2. The van der Waals surface area contributed by atoms with Crippen LogP contribution >= 0.6 is 15.9 Å². The monoisotopic (exact) mass is 351 g/mol. The number of amides is 1. The van der Waals surface area contributed by atoms with Gasteiger partial charge in [-0.2, -0.15) is 0 Å². The maximum absolute atomic E-state index is 11.5. The van der Waals surface area contributed by atoms with Gasteiger partial charge in [-0.25, -0.2) is 4.99 Å². The zero-order valence-corrected chi connectivity index (χ0v) is 13.2. The minimum absolute atomic E-state index is 0.152. The second kappa shape index (κ2) is 9.04. The van der Waals surface area contributed by atoms with Crippen LogP contribution in [-0.4, -0.2) is 31.5 Å². The first-order valence-electron chi connectivity index (χ1n) is 6.26. The zero-order valence-electron chi connectivity index (χ0n) is 11.7. The van der Waals surface area contributed by atoms with E-state index in [1.807, 2.05) is 24.3 Å². The van der Waals surface area contributed by atoms with Crippen LogP contribution in [0, 0.1) is 0 Å². The number of nitrogens with zero attached hydrogens (tertiary/aromatic N) is 2. The molecule has 1 unspecified atom stereocenters. The minimum atomic E-state index is -0.326. The molecule has 0 spiro atoms. The third-order valence-corrected chi connectivity index (χ3v) is 3.26. The molecule has 0 saturated carbocycles. The van der Waals surface area contributed by atoms with Gasteiger partial charge in [-0.05, 0) is 31.3 Å². The number of nitrogens with one attached hydrogen (secondary N) is 1. The van der Waals surface area contributed by atoms with E-state index in [2.05, 4.69) is 31.2 Å². The molecule has 0 aliphatic carbocycles. The molecular formula is C14H18BrN5O. The summed E-state index contributed by atoms with van der Waals surface area (Å²) in [6, 6.07) is 7.26. The van der Waals surface area contributed by atoms with Crippen molar-refractivity contribution in [3.8, 4) is 0 Å². The van der Waals surface area contributed by atoms with Gasteiger partial charge in [-0.1, -0.05) is 15.9 Å². The number of benzene rings is 1. The molecular weight excluding hydrogens is 334 g/mol. The molecule has 1 amide bonds. The number of carbonyl (C=O) groups is 1. The highest BCUT2D eigenvalue weighted by molar-refractivity contribution is 9.10. The van der Waals surface area contributed by atoms with Crippen LogP contribution in [-0.2, 0) is 4.79 Å². The van der Waals surface area contributed by atoms with E-state index in [0.717, 1.165) is 16.5 Å². The molecule has 112 valence electrons. The standard InChI is InChI=1S/C14H18BrN5O/c1-18-13(6-14(21)20-9-17)10(7-16)8-19-12-4-2-11(15)3-5-12/h2-5,7-9,13,18H,6,16H2,1H3,(H2,17,20,21)/b10-7+,19-8?. The Hall–Kier alpha value is -1.99. The summed E-state index contributed by atoms with van der Waals surface area (Å²) in [7, 11) is 1.74. The SMILES string of the molecule is CNC(CC(=O)N=CN)/C(C=Nc1ccc(Br)cc1)=C/N. The van der Waals surface area contributed by atoms with E-state index in [1.165, 1.54) is 6.20 Å². The molecule has 0 radical (unpaired) electrons. The Morgan fingerprint density at radius 2 is 2.05 bits per heavy atom. The summed E-state index contributed by atoms with van der Waals surface area (Å²) in [6.07, 6.45) is 4.18. The molecule has 6 nitrogen and oxygen atoms in total. The topological polar surface area (TPSA) is 106 Å². The van der Waals surface area contributed by atoms with E-state index in [-0.39, 0.29) is 18.4 Å². The second-order valence-electron chi connectivity index (χ2n) is 4.12. The Kier molecular flexibility index (Phi) is 7.34. The van der Waals surface area contributed by atoms with Gasteiger partial charge in [0.05, 0.1) is 12.0 Å². The van der Waals surface area contributed by atoms with Crippen molar-refractivity contribution in [1.82, 2.24) is 5.32 Å². The molecule has 0 aliphatic heterocycles.